The van der Waals surface area contributed by atoms with E-state index >= 15 is 0 Å². The molecule has 1 aliphatic rings. The van der Waals surface area contributed by atoms with Gasteiger partial charge >= 0.3 is 0 Å². The van der Waals surface area contributed by atoms with E-state index in [-0.39, 0.29) is 15.8 Å². The van der Waals surface area contributed by atoms with Gasteiger partial charge in [0.2, 0.25) is 5.12 Å². The number of hydrogen-bond donors (Lipinski definition) is 0. The van der Waals surface area contributed by atoms with Gasteiger partial charge in [-0.15, -0.1) is 0 Å². The van der Waals surface area contributed by atoms with Crippen LogP contribution >= 0.6 is 23.4 Å². The van der Waals surface area contributed by atoms with Gasteiger partial charge in [0, 0.05) is 22.9 Å². The van der Waals surface area contributed by atoms with E-state index in [1.807, 2.05) is 0 Å². The first-order chi connectivity index (χ1) is 9.08. The van der Waals surface area contributed by atoms with E-state index in [4.69, 9.17) is 11.6 Å². The van der Waals surface area contributed by atoms with Gasteiger partial charge in [0.15, 0.2) is 0 Å². The molecule has 0 radical (unpaired) electrons. The summed E-state index contributed by atoms with van der Waals surface area (Å²) >= 11 is 7.26. The number of nitro benzene ring substituents is 1. The van der Waals surface area contributed by atoms with Crippen LogP contribution in [0.3, 0.4) is 0 Å². The first-order valence-corrected chi connectivity index (χ1v) is 7.48. The molecule has 1 aliphatic carbocycles. The fourth-order valence-corrected chi connectivity index (χ4v) is 3.67. The molecule has 1 aromatic carbocycles. The summed E-state index contributed by atoms with van der Waals surface area (Å²) in [5.74, 6) is 0. The minimum Gasteiger partial charge on any atom is -0.282 e. The number of carbonyl (C=O) groups excluding carboxylic acids is 1. The van der Waals surface area contributed by atoms with E-state index in [0.717, 1.165) is 12.8 Å². The predicted molar refractivity (Wildman–Crippen MR) is 76.9 cm³/mol. The second-order valence-corrected chi connectivity index (χ2v) is 6.27. The molecule has 0 aliphatic heterocycles. The Morgan fingerprint density at radius 2 is 2.00 bits per heavy atom. The van der Waals surface area contributed by atoms with Gasteiger partial charge in [-0.2, -0.15) is 0 Å². The van der Waals surface area contributed by atoms with Crippen LogP contribution in [0, 0.1) is 10.1 Å². The number of halogens is 1. The molecular weight excluding hydrogens is 286 g/mol. The molecule has 0 aromatic heterocycles. The summed E-state index contributed by atoms with van der Waals surface area (Å²) in [5.41, 5.74) is 0.270. The first-order valence-electron chi connectivity index (χ1n) is 6.23. The summed E-state index contributed by atoms with van der Waals surface area (Å²) in [7, 11) is 0. The van der Waals surface area contributed by atoms with Crippen molar-refractivity contribution in [3.8, 4) is 0 Å². The molecule has 0 N–H and O–H groups in total. The van der Waals surface area contributed by atoms with Gasteiger partial charge in [-0.05, 0) is 18.9 Å². The molecule has 1 fully saturated rings. The smallest absolute Gasteiger partial charge is 0.270 e. The first kappa shape index (κ1) is 14.3. The molecule has 0 bridgehead atoms. The number of benzene rings is 1. The molecule has 2 rings (SSSR count). The van der Waals surface area contributed by atoms with Crippen LogP contribution in [0.25, 0.3) is 0 Å². The number of nitro groups is 1. The Bertz CT molecular complexity index is 501. The summed E-state index contributed by atoms with van der Waals surface area (Å²) in [6.07, 6.45) is 5.68. The molecule has 6 heteroatoms. The molecule has 0 saturated heterocycles. The quantitative estimate of drug-likeness (QED) is 0.611. The van der Waals surface area contributed by atoms with Crippen molar-refractivity contribution in [2.75, 3.05) is 0 Å². The lowest BCUT2D eigenvalue weighted by Crippen LogP contribution is -2.11. The minimum atomic E-state index is -0.519. The van der Waals surface area contributed by atoms with Crippen LogP contribution < -0.4 is 0 Å². The van der Waals surface area contributed by atoms with E-state index in [1.54, 1.807) is 0 Å². The Labute approximate surface area is 120 Å². The highest BCUT2D eigenvalue weighted by atomic mass is 35.5. The van der Waals surface area contributed by atoms with Crippen molar-refractivity contribution < 1.29 is 9.72 Å². The van der Waals surface area contributed by atoms with Crippen LogP contribution in [0.4, 0.5) is 5.69 Å². The van der Waals surface area contributed by atoms with Crippen LogP contribution in [-0.2, 0) is 0 Å². The van der Waals surface area contributed by atoms with Gasteiger partial charge < -0.3 is 0 Å². The molecule has 0 spiro atoms. The summed E-state index contributed by atoms with van der Waals surface area (Å²) in [5, 5.41) is 11.0. The molecule has 0 heterocycles. The number of hydrogen-bond acceptors (Lipinski definition) is 4. The van der Waals surface area contributed by atoms with Gasteiger partial charge in [-0.25, -0.2) is 0 Å². The van der Waals surface area contributed by atoms with E-state index < -0.39 is 4.92 Å². The summed E-state index contributed by atoms with van der Waals surface area (Å²) < 4.78 is 0. The molecular formula is C13H14ClNO3S. The number of rotatable bonds is 3. The molecule has 102 valence electrons. The lowest BCUT2D eigenvalue weighted by atomic mass is 10.0. The third-order valence-electron chi connectivity index (χ3n) is 3.21. The summed E-state index contributed by atoms with van der Waals surface area (Å²) in [6.45, 7) is 0. The minimum absolute atomic E-state index is 0.0909. The second kappa shape index (κ2) is 6.39. The highest BCUT2D eigenvalue weighted by Gasteiger charge is 2.21. The maximum atomic E-state index is 12.1. The van der Waals surface area contributed by atoms with Gasteiger partial charge in [0.25, 0.3) is 5.69 Å². The van der Waals surface area contributed by atoms with Crippen molar-refractivity contribution in [2.24, 2.45) is 0 Å². The van der Waals surface area contributed by atoms with Crippen molar-refractivity contribution in [3.63, 3.8) is 0 Å². The van der Waals surface area contributed by atoms with Crippen molar-refractivity contribution in [3.05, 3.63) is 38.9 Å². The van der Waals surface area contributed by atoms with Gasteiger partial charge in [0.05, 0.1) is 9.95 Å². The average Bonchev–Trinajstić information content (AvgIpc) is 2.39. The Morgan fingerprint density at radius 3 is 2.58 bits per heavy atom. The zero-order valence-electron chi connectivity index (χ0n) is 10.3. The average molecular weight is 300 g/mol. The lowest BCUT2D eigenvalue weighted by Gasteiger charge is -2.20. The maximum Gasteiger partial charge on any atom is 0.270 e. The largest absolute Gasteiger partial charge is 0.282 e. The fraction of sp³-hybridized carbons (Fsp3) is 0.462. The Kier molecular flexibility index (Phi) is 4.82. The van der Waals surface area contributed by atoms with E-state index in [0.29, 0.717) is 10.8 Å². The summed E-state index contributed by atoms with van der Waals surface area (Å²) in [6, 6.07) is 4.00. The van der Waals surface area contributed by atoms with Crippen LogP contribution in [0.2, 0.25) is 5.02 Å². The van der Waals surface area contributed by atoms with Crippen molar-refractivity contribution in [1.82, 2.24) is 0 Å². The molecule has 0 unspecified atom stereocenters. The Morgan fingerprint density at radius 1 is 1.32 bits per heavy atom. The van der Waals surface area contributed by atoms with Crippen molar-refractivity contribution in [2.45, 2.75) is 37.4 Å². The van der Waals surface area contributed by atoms with Crippen LogP contribution in [0.1, 0.15) is 42.5 Å². The van der Waals surface area contributed by atoms with Crippen LogP contribution in [-0.4, -0.2) is 15.3 Å². The molecule has 1 saturated carbocycles. The molecule has 0 atom stereocenters. The number of thioether (sulfide) groups is 1. The summed E-state index contributed by atoms with van der Waals surface area (Å²) in [4.78, 5) is 22.2. The van der Waals surface area contributed by atoms with Gasteiger partial charge in [-0.1, -0.05) is 42.6 Å². The van der Waals surface area contributed by atoms with E-state index in [1.165, 1.54) is 49.2 Å². The third-order valence-corrected chi connectivity index (χ3v) is 4.76. The van der Waals surface area contributed by atoms with Crippen LogP contribution in [0.5, 0.6) is 0 Å². The third kappa shape index (κ3) is 3.70. The molecule has 4 nitrogen and oxygen atoms in total. The van der Waals surface area contributed by atoms with Gasteiger partial charge in [0.1, 0.15) is 0 Å². The van der Waals surface area contributed by atoms with Crippen LogP contribution in [0.15, 0.2) is 18.2 Å². The van der Waals surface area contributed by atoms with Crippen molar-refractivity contribution in [1.29, 1.82) is 0 Å². The highest BCUT2D eigenvalue weighted by molar-refractivity contribution is 8.14. The maximum absolute atomic E-state index is 12.1. The Hall–Kier alpha value is -1.07. The Balaban J connectivity index is 2.08. The molecule has 0 amide bonds. The number of nitrogens with zero attached hydrogens (tertiary/aromatic N) is 1. The second-order valence-electron chi connectivity index (χ2n) is 4.59. The topological polar surface area (TPSA) is 60.2 Å². The predicted octanol–water partition coefficient (Wildman–Crippen LogP) is 4.45. The fourth-order valence-electron chi connectivity index (χ4n) is 2.18. The number of non-ortho nitro benzene ring substituents is 1. The lowest BCUT2D eigenvalue weighted by molar-refractivity contribution is -0.384. The van der Waals surface area contributed by atoms with Crippen molar-refractivity contribution >= 4 is 34.2 Å². The normalized spacial score (nSPS) is 16.3. The highest BCUT2D eigenvalue weighted by Crippen LogP contribution is 2.33. The zero-order valence-corrected chi connectivity index (χ0v) is 11.9. The standard InChI is InChI=1S/C13H14ClNO3S/c14-12-8-9(15(17)18)6-7-11(12)13(16)19-10-4-2-1-3-5-10/h6-8,10H,1-5H2. The monoisotopic (exact) mass is 299 g/mol. The molecule has 1 aromatic rings. The molecule has 19 heavy (non-hydrogen) atoms. The van der Waals surface area contributed by atoms with E-state index in [2.05, 4.69) is 0 Å². The van der Waals surface area contributed by atoms with E-state index in [9.17, 15) is 14.9 Å². The number of carbonyl (C=O) groups is 1. The van der Waals surface area contributed by atoms with Gasteiger partial charge in [-0.3, -0.25) is 14.9 Å². The SMILES string of the molecule is O=C(SC1CCCCC1)c1ccc([N+](=O)[O-])cc1Cl. The zero-order chi connectivity index (χ0) is 13.8.